The monoisotopic (exact) mass is 219 g/mol. The molecule has 1 atom stereocenters. The first kappa shape index (κ1) is 11.4. The lowest BCUT2D eigenvalue weighted by Crippen LogP contribution is -2.28. The Kier molecular flexibility index (Phi) is 3.45. The summed E-state index contributed by atoms with van der Waals surface area (Å²) in [6.45, 7) is 0. The van der Waals surface area contributed by atoms with Crippen LogP contribution in [0.3, 0.4) is 0 Å². The molecule has 0 amide bonds. The highest BCUT2D eigenvalue weighted by Crippen LogP contribution is 2.24. The summed E-state index contributed by atoms with van der Waals surface area (Å²) in [6, 6.07) is 2.36. The highest BCUT2D eigenvalue weighted by Gasteiger charge is 2.19. The molecule has 0 aliphatic heterocycles. The standard InChI is InChI=1S/C10H11F2N.ClH/c11-7-3-6-1-2-8(13)5-9(6)10(12)4-7;/h3-4,8H,1-2,5,13H2;1H/t8-;/m0./s1. The molecule has 1 aliphatic carbocycles. The number of hydrogen-bond donors (Lipinski definition) is 1. The van der Waals surface area contributed by atoms with E-state index in [1.165, 1.54) is 6.07 Å². The molecule has 78 valence electrons. The molecule has 4 heteroatoms. The summed E-state index contributed by atoms with van der Waals surface area (Å²) in [6.07, 6.45) is 2.03. The summed E-state index contributed by atoms with van der Waals surface area (Å²) in [5, 5.41) is 0. The molecular weight excluding hydrogens is 208 g/mol. The van der Waals surface area contributed by atoms with Crippen LogP contribution in [-0.4, -0.2) is 6.04 Å². The van der Waals surface area contributed by atoms with Gasteiger partial charge < -0.3 is 5.73 Å². The average molecular weight is 220 g/mol. The van der Waals surface area contributed by atoms with Crippen LogP contribution in [0.15, 0.2) is 12.1 Å². The number of aryl methyl sites for hydroxylation is 1. The van der Waals surface area contributed by atoms with E-state index in [9.17, 15) is 8.78 Å². The van der Waals surface area contributed by atoms with Crippen molar-refractivity contribution in [3.8, 4) is 0 Å². The normalized spacial score (nSPS) is 19.8. The van der Waals surface area contributed by atoms with Gasteiger partial charge in [-0.15, -0.1) is 12.4 Å². The molecule has 0 heterocycles. The lowest BCUT2D eigenvalue weighted by molar-refractivity contribution is 0.518. The minimum Gasteiger partial charge on any atom is -0.327 e. The fourth-order valence-electron chi connectivity index (χ4n) is 1.81. The topological polar surface area (TPSA) is 26.0 Å². The van der Waals surface area contributed by atoms with Gasteiger partial charge in [-0.25, -0.2) is 8.78 Å². The van der Waals surface area contributed by atoms with E-state index in [1.54, 1.807) is 0 Å². The van der Waals surface area contributed by atoms with Crippen LogP contribution in [0, 0.1) is 11.6 Å². The smallest absolute Gasteiger partial charge is 0.129 e. The van der Waals surface area contributed by atoms with Crippen LogP contribution in [0.2, 0.25) is 0 Å². The molecule has 1 aromatic rings. The Morgan fingerprint density at radius 2 is 2.00 bits per heavy atom. The minimum absolute atomic E-state index is 0. The van der Waals surface area contributed by atoms with Gasteiger partial charge in [-0.2, -0.15) is 0 Å². The van der Waals surface area contributed by atoms with Crippen molar-refractivity contribution in [1.82, 2.24) is 0 Å². The third kappa shape index (κ3) is 2.04. The maximum absolute atomic E-state index is 13.2. The van der Waals surface area contributed by atoms with Crippen molar-refractivity contribution in [3.63, 3.8) is 0 Å². The Labute approximate surface area is 87.7 Å². The zero-order valence-corrected chi connectivity index (χ0v) is 8.41. The zero-order valence-electron chi connectivity index (χ0n) is 7.59. The Balaban J connectivity index is 0.000000980. The predicted molar refractivity (Wildman–Crippen MR) is 53.6 cm³/mol. The van der Waals surface area contributed by atoms with Crippen molar-refractivity contribution in [2.75, 3.05) is 0 Å². The van der Waals surface area contributed by atoms with E-state index in [1.807, 2.05) is 0 Å². The van der Waals surface area contributed by atoms with E-state index < -0.39 is 11.6 Å². The maximum Gasteiger partial charge on any atom is 0.129 e. The van der Waals surface area contributed by atoms with Gasteiger partial charge in [-0.05, 0) is 36.5 Å². The van der Waals surface area contributed by atoms with Gasteiger partial charge in [0.15, 0.2) is 0 Å². The minimum atomic E-state index is -0.494. The van der Waals surface area contributed by atoms with Gasteiger partial charge in [0.25, 0.3) is 0 Å². The van der Waals surface area contributed by atoms with Crippen LogP contribution in [0.25, 0.3) is 0 Å². The van der Waals surface area contributed by atoms with Crippen molar-refractivity contribution >= 4 is 12.4 Å². The van der Waals surface area contributed by atoms with Gasteiger partial charge in [0.1, 0.15) is 11.6 Å². The Bertz CT molecular complexity index is 341. The molecule has 1 aromatic carbocycles. The van der Waals surface area contributed by atoms with E-state index in [0.717, 1.165) is 18.1 Å². The van der Waals surface area contributed by atoms with Gasteiger partial charge in [-0.1, -0.05) is 0 Å². The second kappa shape index (κ2) is 4.24. The van der Waals surface area contributed by atoms with E-state index in [4.69, 9.17) is 5.73 Å². The predicted octanol–water partition coefficient (Wildman–Crippen LogP) is 2.20. The lowest BCUT2D eigenvalue weighted by Gasteiger charge is -2.21. The van der Waals surface area contributed by atoms with Gasteiger partial charge in [0, 0.05) is 12.1 Å². The van der Waals surface area contributed by atoms with Crippen LogP contribution in [0.5, 0.6) is 0 Å². The van der Waals surface area contributed by atoms with Gasteiger partial charge in [0.2, 0.25) is 0 Å². The molecule has 0 spiro atoms. The van der Waals surface area contributed by atoms with E-state index >= 15 is 0 Å². The number of fused-ring (bicyclic) bond motifs is 1. The first-order valence-corrected chi connectivity index (χ1v) is 4.39. The second-order valence-corrected chi connectivity index (χ2v) is 3.53. The fourth-order valence-corrected chi connectivity index (χ4v) is 1.81. The number of rotatable bonds is 0. The van der Waals surface area contributed by atoms with Gasteiger partial charge in [-0.3, -0.25) is 0 Å². The van der Waals surface area contributed by atoms with E-state index in [0.29, 0.717) is 18.4 Å². The summed E-state index contributed by atoms with van der Waals surface area (Å²) in [5.74, 6) is -0.947. The molecule has 14 heavy (non-hydrogen) atoms. The van der Waals surface area contributed by atoms with Crippen LogP contribution in [0.4, 0.5) is 8.78 Å². The van der Waals surface area contributed by atoms with Gasteiger partial charge in [0.05, 0.1) is 0 Å². The quantitative estimate of drug-likeness (QED) is 0.711. The molecular formula is C10H12ClF2N. The lowest BCUT2D eigenvalue weighted by atomic mass is 9.88. The van der Waals surface area contributed by atoms with Crippen LogP contribution >= 0.6 is 12.4 Å². The third-order valence-corrected chi connectivity index (χ3v) is 2.50. The summed E-state index contributed by atoms with van der Waals surface area (Å²) >= 11 is 0. The SMILES string of the molecule is Cl.N[C@H]1CCc2cc(F)cc(F)c2C1. The van der Waals surface area contributed by atoms with Crippen molar-refractivity contribution in [3.05, 3.63) is 34.9 Å². The Morgan fingerprint density at radius 1 is 1.29 bits per heavy atom. The highest BCUT2D eigenvalue weighted by molar-refractivity contribution is 5.85. The van der Waals surface area contributed by atoms with Crippen molar-refractivity contribution in [1.29, 1.82) is 0 Å². The first-order chi connectivity index (χ1) is 6.16. The fraction of sp³-hybridized carbons (Fsp3) is 0.400. The van der Waals surface area contributed by atoms with Crippen LogP contribution in [0.1, 0.15) is 17.5 Å². The first-order valence-electron chi connectivity index (χ1n) is 4.39. The molecule has 0 unspecified atom stereocenters. The number of hydrogen-bond acceptors (Lipinski definition) is 1. The molecule has 0 saturated carbocycles. The average Bonchev–Trinajstić information content (AvgIpc) is 2.06. The summed E-state index contributed by atoms with van der Waals surface area (Å²) < 4.78 is 26.0. The van der Waals surface area contributed by atoms with Crippen molar-refractivity contribution in [2.24, 2.45) is 5.73 Å². The summed E-state index contributed by atoms with van der Waals surface area (Å²) in [5.41, 5.74) is 7.07. The molecule has 1 nitrogen and oxygen atoms in total. The Hall–Kier alpha value is -0.670. The molecule has 0 fully saturated rings. The zero-order chi connectivity index (χ0) is 9.42. The molecule has 0 aromatic heterocycles. The maximum atomic E-state index is 13.2. The largest absolute Gasteiger partial charge is 0.327 e. The molecule has 0 saturated heterocycles. The number of halogens is 3. The molecule has 2 N–H and O–H groups in total. The van der Waals surface area contributed by atoms with Crippen LogP contribution < -0.4 is 5.73 Å². The van der Waals surface area contributed by atoms with Crippen molar-refractivity contribution in [2.45, 2.75) is 25.3 Å². The van der Waals surface area contributed by atoms with E-state index in [-0.39, 0.29) is 18.4 Å². The Morgan fingerprint density at radius 3 is 2.71 bits per heavy atom. The third-order valence-electron chi connectivity index (χ3n) is 2.50. The number of benzene rings is 1. The van der Waals surface area contributed by atoms with E-state index in [2.05, 4.69) is 0 Å². The van der Waals surface area contributed by atoms with Gasteiger partial charge >= 0.3 is 0 Å². The molecule has 0 bridgehead atoms. The molecule has 2 rings (SSSR count). The highest BCUT2D eigenvalue weighted by atomic mass is 35.5. The summed E-state index contributed by atoms with van der Waals surface area (Å²) in [7, 11) is 0. The number of nitrogens with two attached hydrogens (primary N) is 1. The summed E-state index contributed by atoms with van der Waals surface area (Å²) in [4.78, 5) is 0. The molecule has 1 aliphatic rings. The van der Waals surface area contributed by atoms with Crippen LogP contribution in [-0.2, 0) is 12.8 Å². The van der Waals surface area contributed by atoms with Crippen molar-refractivity contribution < 1.29 is 8.78 Å². The second-order valence-electron chi connectivity index (χ2n) is 3.53. The molecule has 0 radical (unpaired) electrons.